The van der Waals surface area contributed by atoms with Gasteiger partial charge >= 0.3 is 0 Å². The maximum Gasteiger partial charge on any atom is 0.260 e. The fourth-order valence-corrected chi connectivity index (χ4v) is 3.72. The maximum atomic E-state index is 14.1. The monoisotopic (exact) mass is 371 g/mol. The van der Waals surface area contributed by atoms with Crippen LogP contribution in [0.4, 0.5) is 4.39 Å². The average molecular weight is 371 g/mol. The molecular weight excluding hydrogens is 345 g/mol. The van der Waals surface area contributed by atoms with Gasteiger partial charge in [-0.15, -0.1) is 0 Å². The molecule has 0 radical (unpaired) electrons. The number of hydrogen-bond acceptors (Lipinski definition) is 3. The number of aliphatic hydroxyl groups excluding tert-OH is 1. The molecule has 0 saturated carbocycles. The summed E-state index contributed by atoms with van der Waals surface area (Å²) in [5.74, 6) is -0.489. The van der Waals surface area contributed by atoms with Gasteiger partial charge in [0.2, 0.25) is 0 Å². The zero-order valence-corrected chi connectivity index (χ0v) is 15.6. The van der Waals surface area contributed by atoms with E-state index in [4.69, 9.17) is 4.74 Å². The highest BCUT2D eigenvalue weighted by molar-refractivity contribution is 5.97. The van der Waals surface area contributed by atoms with Crippen LogP contribution in [0.25, 0.3) is 0 Å². The largest absolute Gasteiger partial charge is 0.496 e. The Morgan fingerprint density at radius 1 is 1.19 bits per heavy atom. The highest BCUT2D eigenvalue weighted by atomic mass is 19.1. The van der Waals surface area contributed by atoms with Crippen LogP contribution in [-0.4, -0.2) is 42.2 Å². The predicted octanol–water partition coefficient (Wildman–Crippen LogP) is 3.68. The number of aliphatic hydroxyl groups is 1. The van der Waals surface area contributed by atoms with Crippen LogP contribution in [0.15, 0.2) is 48.5 Å². The van der Waals surface area contributed by atoms with E-state index in [2.05, 4.69) is 12.1 Å². The molecule has 2 aromatic rings. The Balaban J connectivity index is 1.55. The van der Waals surface area contributed by atoms with Gasteiger partial charge in [-0.25, -0.2) is 4.39 Å². The Labute approximate surface area is 159 Å². The second kappa shape index (κ2) is 9.00. The zero-order valence-electron chi connectivity index (χ0n) is 15.6. The molecule has 1 aliphatic heterocycles. The Kier molecular flexibility index (Phi) is 6.45. The summed E-state index contributed by atoms with van der Waals surface area (Å²) in [7, 11) is 1.43. The standard InChI is InChI=1S/C22H26FNO3/c1-27-20-9-5-8-18(23)21(20)22(26)24-14-12-17(13-15-24)19(25)11-10-16-6-3-2-4-7-16/h2-9,17,19,25H,10-15H2,1H3/t19-/m0/s1. The summed E-state index contributed by atoms with van der Waals surface area (Å²) in [6.07, 6.45) is 2.61. The zero-order chi connectivity index (χ0) is 19.2. The number of likely N-dealkylation sites (tertiary alicyclic amines) is 1. The fraction of sp³-hybridized carbons (Fsp3) is 0.409. The van der Waals surface area contributed by atoms with Crippen LogP contribution >= 0.6 is 0 Å². The number of rotatable bonds is 6. The fourth-order valence-electron chi connectivity index (χ4n) is 3.72. The van der Waals surface area contributed by atoms with Crippen molar-refractivity contribution in [3.8, 4) is 5.75 Å². The van der Waals surface area contributed by atoms with Gasteiger partial charge in [0.1, 0.15) is 17.1 Å². The van der Waals surface area contributed by atoms with Gasteiger partial charge in [-0.2, -0.15) is 0 Å². The van der Waals surface area contributed by atoms with Crippen LogP contribution in [0.1, 0.15) is 35.2 Å². The first-order valence-electron chi connectivity index (χ1n) is 9.44. The van der Waals surface area contributed by atoms with Crippen molar-refractivity contribution in [3.63, 3.8) is 0 Å². The van der Waals surface area contributed by atoms with Crippen molar-refractivity contribution < 1.29 is 19.0 Å². The molecule has 1 N–H and O–H groups in total. The lowest BCUT2D eigenvalue weighted by Gasteiger charge is -2.34. The first kappa shape index (κ1) is 19.4. The molecule has 4 nitrogen and oxygen atoms in total. The van der Waals surface area contributed by atoms with Crippen molar-refractivity contribution in [2.45, 2.75) is 31.8 Å². The van der Waals surface area contributed by atoms with Gasteiger partial charge in [0, 0.05) is 13.1 Å². The number of ether oxygens (including phenoxy) is 1. The topological polar surface area (TPSA) is 49.8 Å². The van der Waals surface area contributed by atoms with Gasteiger partial charge in [-0.3, -0.25) is 4.79 Å². The number of carbonyl (C=O) groups is 1. The van der Waals surface area contributed by atoms with Crippen LogP contribution in [0.5, 0.6) is 5.75 Å². The maximum absolute atomic E-state index is 14.1. The van der Waals surface area contributed by atoms with Crippen LogP contribution in [0, 0.1) is 11.7 Å². The lowest BCUT2D eigenvalue weighted by molar-refractivity contribution is 0.0432. The minimum Gasteiger partial charge on any atom is -0.496 e. The van der Waals surface area contributed by atoms with E-state index >= 15 is 0 Å². The first-order chi connectivity index (χ1) is 13.1. The highest BCUT2D eigenvalue weighted by Crippen LogP contribution is 2.28. The smallest absolute Gasteiger partial charge is 0.260 e. The van der Waals surface area contributed by atoms with E-state index in [0.29, 0.717) is 19.5 Å². The van der Waals surface area contributed by atoms with E-state index < -0.39 is 5.82 Å². The summed E-state index contributed by atoms with van der Waals surface area (Å²) in [4.78, 5) is 14.4. The molecule has 1 aliphatic rings. The summed E-state index contributed by atoms with van der Waals surface area (Å²) >= 11 is 0. The number of carbonyl (C=O) groups excluding carboxylic acids is 1. The molecule has 1 atom stereocenters. The number of benzene rings is 2. The summed E-state index contributed by atoms with van der Waals surface area (Å²) in [5.41, 5.74) is 1.21. The number of nitrogens with zero attached hydrogens (tertiary/aromatic N) is 1. The second-order valence-corrected chi connectivity index (χ2v) is 7.04. The molecule has 1 heterocycles. The predicted molar refractivity (Wildman–Crippen MR) is 102 cm³/mol. The number of piperidine rings is 1. The minimum absolute atomic E-state index is 0.0110. The molecule has 0 spiro atoms. The normalized spacial score (nSPS) is 16.2. The number of aryl methyl sites for hydroxylation is 1. The molecule has 1 fully saturated rings. The molecule has 3 rings (SSSR count). The third-order valence-electron chi connectivity index (χ3n) is 5.35. The highest BCUT2D eigenvalue weighted by Gasteiger charge is 2.30. The first-order valence-corrected chi connectivity index (χ1v) is 9.44. The van der Waals surface area contributed by atoms with Crippen LogP contribution in [0.2, 0.25) is 0 Å². The number of halogens is 1. The molecule has 0 aliphatic carbocycles. The van der Waals surface area contributed by atoms with Crippen molar-refractivity contribution in [2.75, 3.05) is 20.2 Å². The molecule has 0 aromatic heterocycles. The summed E-state index contributed by atoms with van der Waals surface area (Å²) in [6, 6.07) is 14.5. The van der Waals surface area contributed by atoms with E-state index in [-0.39, 0.29) is 29.2 Å². The van der Waals surface area contributed by atoms with E-state index in [1.165, 1.54) is 24.8 Å². The third kappa shape index (κ3) is 4.66. The van der Waals surface area contributed by atoms with Gasteiger partial charge in [0.15, 0.2) is 0 Å². The molecule has 0 unspecified atom stereocenters. The average Bonchev–Trinajstić information content (AvgIpc) is 2.72. The molecule has 2 aromatic carbocycles. The van der Waals surface area contributed by atoms with Gasteiger partial charge in [0.25, 0.3) is 5.91 Å². The molecule has 5 heteroatoms. The van der Waals surface area contributed by atoms with Crippen LogP contribution < -0.4 is 4.74 Å². The van der Waals surface area contributed by atoms with Crippen LogP contribution in [0.3, 0.4) is 0 Å². The van der Waals surface area contributed by atoms with Crippen molar-refractivity contribution >= 4 is 5.91 Å². The SMILES string of the molecule is COc1cccc(F)c1C(=O)N1CCC([C@@H](O)CCc2ccccc2)CC1. The van der Waals surface area contributed by atoms with Gasteiger partial charge in [-0.1, -0.05) is 36.4 Å². The quantitative estimate of drug-likeness (QED) is 0.843. The second-order valence-electron chi connectivity index (χ2n) is 7.04. The number of hydrogen-bond donors (Lipinski definition) is 1. The van der Waals surface area contributed by atoms with Crippen LogP contribution in [-0.2, 0) is 6.42 Å². The molecular formula is C22H26FNO3. The lowest BCUT2D eigenvalue weighted by Crippen LogP contribution is -2.41. The molecule has 1 amide bonds. The summed E-state index contributed by atoms with van der Waals surface area (Å²) in [5, 5.41) is 10.5. The Bertz CT molecular complexity index is 757. The molecule has 0 bridgehead atoms. The van der Waals surface area contributed by atoms with Crippen molar-refractivity contribution in [1.82, 2.24) is 4.90 Å². The van der Waals surface area contributed by atoms with E-state index in [1.807, 2.05) is 18.2 Å². The Morgan fingerprint density at radius 3 is 2.56 bits per heavy atom. The number of methoxy groups -OCH3 is 1. The number of amides is 1. The molecule has 27 heavy (non-hydrogen) atoms. The van der Waals surface area contributed by atoms with Crippen molar-refractivity contribution in [1.29, 1.82) is 0 Å². The van der Waals surface area contributed by atoms with Crippen molar-refractivity contribution in [2.24, 2.45) is 5.92 Å². The minimum atomic E-state index is -0.565. The van der Waals surface area contributed by atoms with Gasteiger partial charge < -0.3 is 14.7 Å². The Morgan fingerprint density at radius 2 is 1.89 bits per heavy atom. The molecule has 1 saturated heterocycles. The van der Waals surface area contributed by atoms with E-state index in [1.54, 1.807) is 11.0 Å². The van der Waals surface area contributed by atoms with E-state index in [0.717, 1.165) is 19.3 Å². The van der Waals surface area contributed by atoms with E-state index in [9.17, 15) is 14.3 Å². The van der Waals surface area contributed by atoms with Gasteiger partial charge in [-0.05, 0) is 49.3 Å². The summed E-state index contributed by atoms with van der Waals surface area (Å²) < 4.78 is 19.3. The lowest BCUT2D eigenvalue weighted by atomic mass is 9.88. The summed E-state index contributed by atoms with van der Waals surface area (Å²) in [6.45, 7) is 1.03. The van der Waals surface area contributed by atoms with Crippen molar-refractivity contribution in [3.05, 3.63) is 65.5 Å². The molecule has 144 valence electrons. The van der Waals surface area contributed by atoms with Gasteiger partial charge in [0.05, 0.1) is 13.2 Å². The Hall–Kier alpha value is -2.40. The third-order valence-corrected chi connectivity index (χ3v) is 5.35.